The van der Waals surface area contributed by atoms with Crippen LogP contribution < -0.4 is 5.32 Å². The van der Waals surface area contributed by atoms with Crippen molar-refractivity contribution in [2.24, 2.45) is 0 Å². The van der Waals surface area contributed by atoms with Gasteiger partial charge in [-0.1, -0.05) is 19.1 Å². The molecule has 0 aliphatic carbocycles. The molecule has 0 saturated carbocycles. The second-order valence-electron chi connectivity index (χ2n) is 3.80. The molecule has 0 aromatic heterocycles. The van der Waals surface area contributed by atoms with Gasteiger partial charge in [-0.3, -0.25) is 0 Å². The molecule has 1 rings (SSSR count). The van der Waals surface area contributed by atoms with E-state index in [-0.39, 0.29) is 6.04 Å². The van der Waals surface area contributed by atoms with Gasteiger partial charge >= 0.3 is 6.18 Å². The molecule has 16 heavy (non-hydrogen) atoms. The highest BCUT2D eigenvalue weighted by atomic mass is 19.4. The summed E-state index contributed by atoms with van der Waals surface area (Å²) in [6.07, 6.45) is -3.25. The van der Waals surface area contributed by atoms with E-state index in [0.717, 1.165) is 30.7 Å². The Labute approximate surface area is 93.7 Å². The van der Waals surface area contributed by atoms with Gasteiger partial charge in [-0.2, -0.15) is 13.2 Å². The first-order chi connectivity index (χ1) is 7.45. The summed E-state index contributed by atoms with van der Waals surface area (Å²) in [6.45, 7) is 4.85. The number of benzene rings is 1. The van der Waals surface area contributed by atoms with Gasteiger partial charge in [0.2, 0.25) is 0 Å². The van der Waals surface area contributed by atoms with Crippen molar-refractivity contribution < 1.29 is 13.2 Å². The third-order valence-corrected chi connectivity index (χ3v) is 2.44. The number of rotatable bonds is 4. The normalized spacial score (nSPS) is 13.8. The van der Waals surface area contributed by atoms with Crippen molar-refractivity contribution >= 4 is 0 Å². The van der Waals surface area contributed by atoms with Crippen molar-refractivity contribution in [2.45, 2.75) is 32.5 Å². The van der Waals surface area contributed by atoms with Gasteiger partial charge in [0.25, 0.3) is 0 Å². The van der Waals surface area contributed by atoms with Crippen LogP contribution in [0.4, 0.5) is 13.2 Å². The van der Waals surface area contributed by atoms with E-state index in [9.17, 15) is 13.2 Å². The van der Waals surface area contributed by atoms with Gasteiger partial charge in [0.1, 0.15) is 0 Å². The topological polar surface area (TPSA) is 12.0 Å². The highest BCUT2D eigenvalue weighted by Crippen LogP contribution is 2.29. The van der Waals surface area contributed by atoms with Crippen LogP contribution in [0.2, 0.25) is 0 Å². The number of nitrogens with one attached hydrogen (secondary N) is 1. The van der Waals surface area contributed by atoms with Gasteiger partial charge in [0, 0.05) is 6.04 Å². The fourth-order valence-electron chi connectivity index (χ4n) is 1.44. The van der Waals surface area contributed by atoms with E-state index < -0.39 is 11.7 Å². The SMILES string of the molecule is CCCN[C@H](C)c1ccc(C(F)(F)F)cc1. The molecule has 1 nitrogen and oxygen atoms in total. The van der Waals surface area contributed by atoms with E-state index in [1.165, 1.54) is 12.1 Å². The maximum Gasteiger partial charge on any atom is 0.416 e. The Hall–Kier alpha value is -1.03. The average molecular weight is 231 g/mol. The molecular weight excluding hydrogens is 215 g/mol. The maximum atomic E-state index is 12.3. The first-order valence-electron chi connectivity index (χ1n) is 5.35. The van der Waals surface area contributed by atoms with Gasteiger partial charge in [-0.15, -0.1) is 0 Å². The monoisotopic (exact) mass is 231 g/mol. The first kappa shape index (κ1) is 13.0. The Morgan fingerprint density at radius 3 is 2.19 bits per heavy atom. The molecule has 0 aliphatic rings. The molecule has 0 spiro atoms. The molecule has 1 aromatic carbocycles. The quantitative estimate of drug-likeness (QED) is 0.831. The van der Waals surface area contributed by atoms with E-state index in [2.05, 4.69) is 5.32 Å². The largest absolute Gasteiger partial charge is 0.416 e. The van der Waals surface area contributed by atoms with Crippen LogP contribution in [-0.4, -0.2) is 6.54 Å². The summed E-state index contributed by atoms with van der Waals surface area (Å²) in [6, 6.07) is 5.38. The number of alkyl halides is 3. The molecule has 0 bridgehead atoms. The van der Waals surface area contributed by atoms with E-state index >= 15 is 0 Å². The third kappa shape index (κ3) is 3.52. The summed E-state index contributed by atoms with van der Waals surface area (Å²) < 4.78 is 36.9. The molecule has 0 amide bonds. The van der Waals surface area contributed by atoms with E-state index in [4.69, 9.17) is 0 Å². The number of halogens is 3. The van der Waals surface area contributed by atoms with E-state index in [1.807, 2.05) is 13.8 Å². The summed E-state index contributed by atoms with van der Waals surface area (Å²) >= 11 is 0. The summed E-state index contributed by atoms with van der Waals surface area (Å²) in [5, 5.41) is 3.23. The van der Waals surface area contributed by atoms with Crippen molar-refractivity contribution in [3.63, 3.8) is 0 Å². The highest BCUT2D eigenvalue weighted by Gasteiger charge is 2.30. The van der Waals surface area contributed by atoms with Crippen LogP contribution in [0, 0.1) is 0 Å². The zero-order valence-electron chi connectivity index (χ0n) is 9.43. The minimum atomic E-state index is -4.25. The van der Waals surface area contributed by atoms with Crippen LogP contribution in [0.5, 0.6) is 0 Å². The second kappa shape index (κ2) is 5.34. The van der Waals surface area contributed by atoms with E-state index in [0.29, 0.717) is 0 Å². The molecule has 90 valence electrons. The van der Waals surface area contributed by atoms with Gasteiger partial charge < -0.3 is 5.32 Å². The summed E-state index contributed by atoms with van der Waals surface area (Å²) in [7, 11) is 0. The van der Waals surface area contributed by atoms with Crippen molar-refractivity contribution in [3.05, 3.63) is 35.4 Å². The summed E-state index contributed by atoms with van der Waals surface area (Å²) in [4.78, 5) is 0. The molecule has 1 aromatic rings. The summed E-state index contributed by atoms with van der Waals surface area (Å²) in [5.74, 6) is 0. The number of hydrogen-bond donors (Lipinski definition) is 1. The lowest BCUT2D eigenvalue weighted by Gasteiger charge is -2.14. The highest BCUT2D eigenvalue weighted by molar-refractivity contribution is 5.26. The molecule has 0 aliphatic heterocycles. The van der Waals surface area contributed by atoms with Gasteiger partial charge in [-0.25, -0.2) is 0 Å². The predicted octanol–water partition coefficient (Wildman–Crippen LogP) is 3.77. The fourth-order valence-corrected chi connectivity index (χ4v) is 1.44. The zero-order chi connectivity index (χ0) is 12.2. The second-order valence-corrected chi connectivity index (χ2v) is 3.80. The molecule has 0 heterocycles. The smallest absolute Gasteiger partial charge is 0.310 e. The van der Waals surface area contributed by atoms with Gasteiger partial charge in [-0.05, 0) is 37.6 Å². The van der Waals surface area contributed by atoms with Crippen LogP contribution in [0.15, 0.2) is 24.3 Å². The maximum absolute atomic E-state index is 12.3. The van der Waals surface area contributed by atoms with Gasteiger partial charge in [0.15, 0.2) is 0 Å². The Balaban J connectivity index is 2.71. The molecule has 4 heteroatoms. The lowest BCUT2D eigenvalue weighted by atomic mass is 10.1. The van der Waals surface area contributed by atoms with Crippen LogP contribution >= 0.6 is 0 Å². The Morgan fingerprint density at radius 1 is 1.19 bits per heavy atom. The zero-order valence-corrected chi connectivity index (χ0v) is 9.43. The minimum absolute atomic E-state index is 0.0854. The molecule has 0 unspecified atom stereocenters. The van der Waals surface area contributed by atoms with Crippen LogP contribution in [0.3, 0.4) is 0 Å². The lowest BCUT2D eigenvalue weighted by Crippen LogP contribution is -2.19. The van der Waals surface area contributed by atoms with E-state index in [1.54, 1.807) is 0 Å². The van der Waals surface area contributed by atoms with Crippen molar-refractivity contribution in [2.75, 3.05) is 6.54 Å². The average Bonchev–Trinajstić information content (AvgIpc) is 2.25. The Bertz CT molecular complexity index is 316. The molecular formula is C12H16F3N. The van der Waals surface area contributed by atoms with Crippen molar-refractivity contribution in [3.8, 4) is 0 Å². The minimum Gasteiger partial charge on any atom is -0.310 e. The van der Waals surface area contributed by atoms with Crippen molar-refractivity contribution in [1.29, 1.82) is 0 Å². The van der Waals surface area contributed by atoms with Crippen LogP contribution in [-0.2, 0) is 6.18 Å². The first-order valence-corrected chi connectivity index (χ1v) is 5.35. The molecule has 0 fully saturated rings. The summed E-state index contributed by atoms with van der Waals surface area (Å²) in [5.41, 5.74) is 0.278. The Kier molecular flexibility index (Phi) is 4.35. The molecule has 0 saturated heterocycles. The lowest BCUT2D eigenvalue weighted by molar-refractivity contribution is -0.137. The molecule has 0 radical (unpaired) electrons. The van der Waals surface area contributed by atoms with Crippen LogP contribution in [0.25, 0.3) is 0 Å². The molecule has 1 N–H and O–H groups in total. The standard InChI is InChI=1S/C12H16F3N/c1-3-8-16-9(2)10-4-6-11(7-5-10)12(13,14)15/h4-7,9,16H,3,8H2,1-2H3/t9-/m1/s1. The van der Waals surface area contributed by atoms with Gasteiger partial charge in [0.05, 0.1) is 5.56 Å². The number of hydrogen-bond acceptors (Lipinski definition) is 1. The third-order valence-electron chi connectivity index (χ3n) is 2.44. The predicted molar refractivity (Wildman–Crippen MR) is 58.2 cm³/mol. The molecule has 1 atom stereocenters. The Morgan fingerprint density at radius 2 is 1.75 bits per heavy atom. The van der Waals surface area contributed by atoms with Crippen LogP contribution in [0.1, 0.15) is 37.4 Å². The fraction of sp³-hybridized carbons (Fsp3) is 0.500. The van der Waals surface area contributed by atoms with Crippen molar-refractivity contribution in [1.82, 2.24) is 5.32 Å².